The van der Waals surface area contributed by atoms with Crippen LogP contribution in [-0.4, -0.2) is 9.78 Å². The largest absolute Gasteiger partial charge is 0.382 e. The lowest BCUT2D eigenvalue weighted by atomic mass is 10.1. The molecule has 0 radical (unpaired) electrons. The van der Waals surface area contributed by atoms with Crippen molar-refractivity contribution >= 4 is 5.82 Å². The molecule has 0 amide bonds. The molecule has 0 aliphatic carbocycles. The lowest BCUT2D eigenvalue weighted by Crippen LogP contribution is -1.91. The van der Waals surface area contributed by atoms with Crippen molar-refractivity contribution in [3.8, 4) is 11.1 Å². The van der Waals surface area contributed by atoms with Gasteiger partial charge in [-0.05, 0) is 18.6 Å². The van der Waals surface area contributed by atoms with Crippen molar-refractivity contribution in [2.75, 3.05) is 5.73 Å². The van der Waals surface area contributed by atoms with E-state index in [0.717, 1.165) is 5.56 Å². The Kier molecular flexibility index (Phi) is 2.19. The van der Waals surface area contributed by atoms with E-state index in [1.54, 1.807) is 24.0 Å². The van der Waals surface area contributed by atoms with Crippen molar-refractivity contribution in [2.45, 2.75) is 6.92 Å². The van der Waals surface area contributed by atoms with E-state index < -0.39 is 0 Å². The van der Waals surface area contributed by atoms with E-state index in [0.29, 0.717) is 16.9 Å². The van der Waals surface area contributed by atoms with Crippen molar-refractivity contribution in [2.24, 2.45) is 7.05 Å². The molecule has 0 saturated heterocycles. The van der Waals surface area contributed by atoms with E-state index in [1.807, 2.05) is 13.0 Å². The first kappa shape index (κ1) is 9.71. The Balaban J connectivity index is 2.59. The molecule has 0 bridgehead atoms. The molecule has 0 fully saturated rings. The number of halogens is 1. The number of aromatic nitrogens is 2. The fourth-order valence-electron chi connectivity index (χ4n) is 1.55. The second-order valence-electron chi connectivity index (χ2n) is 3.58. The van der Waals surface area contributed by atoms with Crippen LogP contribution in [0.4, 0.5) is 10.2 Å². The summed E-state index contributed by atoms with van der Waals surface area (Å²) in [6.07, 6.45) is 1.71. The highest BCUT2D eigenvalue weighted by molar-refractivity contribution is 5.73. The molecular formula is C11H12FN3. The summed E-state index contributed by atoms with van der Waals surface area (Å²) in [5.41, 5.74) is 7.70. The summed E-state index contributed by atoms with van der Waals surface area (Å²) < 4.78 is 15.2. The minimum Gasteiger partial charge on any atom is -0.382 e. The molecule has 15 heavy (non-hydrogen) atoms. The molecule has 0 atom stereocenters. The highest BCUT2D eigenvalue weighted by Gasteiger charge is 2.11. The van der Waals surface area contributed by atoms with E-state index in [2.05, 4.69) is 5.10 Å². The average molecular weight is 205 g/mol. The number of nitrogens with zero attached hydrogens (tertiary/aromatic N) is 2. The molecule has 0 aliphatic heterocycles. The van der Waals surface area contributed by atoms with Crippen LogP contribution in [0, 0.1) is 12.7 Å². The van der Waals surface area contributed by atoms with E-state index in [1.165, 1.54) is 6.07 Å². The summed E-state index contributed by atoms with van der Waals surface area (Å²) in [6, 6.07) is 5.06. The molecule has 0 saturated carbocycles. The first-order chi connectivity index (χ1) is 7.08. The van der Waals surface area contributed by atoms with Crippen molar-refractivity contribution in [1.82, 2.24) is 9.78 Å². The van der Waals surface area contributed by atoms with E-state index in [4.69, 9.17) is 5.73 Å². The zero-order chi connectivity index (χ0) is 11.0. The van der Waals surface area contributed by atoms with Gasteiger partial charge in [0.15, 0.2) is 5.82 Å². The van der Waals surface area contributed by atoms with Crippen molar-refractivity contribution in [3.05, 3.63) is 35.8 Å². The molecule has 0 unspecified atom stereocenters. The van der Waals surface area contributed by atoms with E-state index in [-0.39, 0.29) is 5.82 Å². The molecule has 1 aromatic carbocycles. The maximum Gasteiger partial charge on any atom is 0.153 e. The number of nitrogens with two attached hydrogens (primary N) is 1. The molecule has 1 heterocycles. The predicted octanol–water partition coefficient (Wildman–Crippen LogP) is 2.12. The number of hydrogen-bond donors (Lipinski definition) is 1. The number of hydrogen-bond acceptors (Lipinski definition) is 2. The summed E-state index contributed by atoms with van der Waals surface area (Å²) in [7, 11) is 1.76. The van der Waals surface area contributed by atoms with E-state index in [9.17, 15) is 4.39 Å². The molecular weight excluding hydrogens is 193 g/mol. The third kappa shape index (κ3) is 1.70. The van der Waals surface area contributed by atoms with Gasteiger partial charge in [0, 0.05) is 24.4 Å². The standard InChI is InChI=1S/C11H12FN3/c1-7-3-4-8(10(12)5-7)9-6-15(2)14-11(9)13/h3-6H,1-2H3,(H2,13,14). The van der Waals surface area contributed by atoms with Crippen LogP contribution in [0.15, 0.2) is 24.4 Å². The molecule has 2 aromatic rings. The minimum absolute atomic E-state index is 0.269. The zero-order valence-electron chi connectivity index (χ0n) is 8.66. The number of rotatable bonds is 1. The zero-order valence-corrected chi connectivity index (χ0v) is 8.66. The van der Waals surface area contributed by atoms with Gasteiger partial charge in [-0.2, -0.15) is 5.10 Å². The smallest absolute Gasteiger partial charge is 0.153 e. The normalized spacial score (nSPS) is 10.6. The number of anilines is 1. The van der Waals surface area contributed by atoms with Gasteiger partial charge in [0.05, 0.1) is 0 Å². The monoisotopic (exact) mass is 205 g/mol. The Morgan fingerprint density at radius 2 is 2.07 bits per heavy atom. The van der Waals surface area contributed by atoms with Gasteiger partial charge in [-0.15, -0.1) is 0 Å². The number of aryl methyl sites for hydroxylation is 2. The van der Waals surface area contributed by atoms with Gasteiger partial charge < -0.3 is 5.73 Å². The molecule has 0 aliphatic rings. The fraction of sp³-hybridized carbons (Fsp3) is 0.182. The third-order valence-corrected chi connectivity index (χ3v) is 2.27. The van der Waals surface area contributed by atoms with Crippen LogP contribution in [0.5, 0.6) is 0 Å². The van der Waals surface area contributed by atoms with Crippen LogP contribution < -0.4 is 5.73 Å². The maximum atomic E-state index is 13.6. The van der Waals surface area contributed by atoms with Crippen LogP contribution in [0.3, 0.4) is 0 Å². The van der Waals surface area contributed by atoms with Crippen LogP contribution in [0.2, 0.25) is 0 Å². The SMILES string of the molecule is Cc1ccc(-c2cn(C)nc2N)c(F)c1. The van der Waals surface area contributed by atoms with Crippen LogP contribution >= 0.6 is 0 Å². The Morgan fingerprint density at radius 1 is 1.33 bits per heavy atom. The van der Waals surface area contributed by atoms with Gasteiger partial charge in [-0.3, -0.25) is 4.68 Å². The summed E-state index contributed by atoms with van der Waals surface area (Å²) in [6.45, 7) is 1.85. The second-order valence-corrected chi connectivity index (χ2v) is 3.58. The van der Waals surface area contributed by atoms with Crippen molar-refractivity contribution < 1.29 is 4.39 Å². The van der Waals surface area contributed by atoms with Crippen LogP contribution in [0.1, 0.15) is 5.56 Å². The second kappa shape index (κ2) is 3.38. The summed E-state index contributed by atoms with van der Waals surface area (Å²) in [5.74, 6) is 0.0787. The Bertz CT molecular complexity index is 503. The average Bonchev–Trinajstić information content (AvgIpc) is 2.45. The Labute approximate surface area is 87.3 Å². The van der Waals surface area contributed by atoms with Crippen LogP contribution in [0.25, 0.3) is 11.1 Å². The molecule has 2 N–H and O–H groups in total. The lowest BCUT2D eigenvalue weighted by Gasteiger charge is -2.01. The Morgan fingerprint density at radius 3 is 2.60 bits per heavy atom. The van der Waals surface area contributed by atoms with Gasteiger partial charge in [-0.1, -0.05) is 12.1 Å². The topological polar surface area (TPSA) is 43.8 Å². The maximum absolute atomic E-state index is 13.6. The van der Waals surface area contributed by atoms with Gasteiger partial charge in [0.1, 0.15) is 5.82 Å². The van der Waals surface area contributed by atoms with Crippen molar-refractivity contribution in [3.63, 3.8) is 0 Å². The third-order valence-electron chi connectivity index (χ3n) is 2.27. The van der Waals surface area contributed by atoms with E-state index >= 15 is 0 Å². The first-order valence-corrected chi connectivity index (χ1v) is 4.63. The molecule has 4 heteroatoms. The fourth-order valence-corrected chi connectivity index (χ4v) is 1.55. The highest BCUT2D eigenvalue weighted by Crippen LogP contribution is 2.27. The van der Waals surface area contributed by atoms with Gasteiger partial charge >= 0.3 is 0 Å². The van der Waals surface area contributed by atoms with Gasteiger partial charge in [-0.25, -0.2) is 4.39 Å². The van der Waals surface area contributed by atoms with Crippen molar-refractivity contribution in [1.29, 1.82) is 0 Å². The minimum atomic E-state index is -0.269. The number of nitrogen functional groups attached to an aromatic ring is 1. The van der Waals surface area contributed by atoms with Crippen LogP contribution in [-0.2, 0) is 7.05 Å². The lowest BCUT2D eigenvalue weighted by molar-refractivity contribution is 0.630. The molecule has 1 aromatic heterocycles. The molecule has 78 valence electrons. The quantitative estimate of drug-likeness (QED) is 0.774. The van der Waals surface area contributed by atoms with Gasteiger partial charge in [0.2, 0.25) is 0 Å². The molecule has 0 spiro atoms. The first-order valence-electron chi connectivity index (χ1n) is 4.63. The summed E-state index contributed by atoms with van der Waals surface area (Å²) in [4.78, 5) is 0. The summed E-state index contributed by atoms with van der Waals surface area (Å²) in [5, 5.41) is 3.98. The molecule has 3 nitrogen and oxygen atoms in total. The number of benzene rings is 1. The predicted molar refractivity (Wildman–Crippen MR) is 57.8 cm³/mol. The Hall–Kier alpha value is -1.84. The summed E-state index contributed by atoms with van der Waals surface area (Å²) >= 11 is 0. The van der Waals surface area contributed by atoms with Gasteiger partial charge in [0.25, 0.3) is 0 Å². The highest BCUT2D eigenvalue weighted by atomic mass is 19.1. The molecule has 2 rings (SSSR count).